The zero-order valence-corrected chi connectivity index (χ0v) is 12.4. The highest BCUT2D eigenvalue weighted by Gasteiger charge is 2.16. The quantitative estimate of drug-likeness (QED) is 0.577. The highest BCUT2D eigenvalue weighted by molar-refractivity contribution is 6.06. The van der Waals surface area contributed by atoms with Gasteiger partial charge in [0.25, 0.3) is 0 Å². The number of aromatic hydroxyl groups is 1. The molecule has 9 heteroatoms. The molecule has 3 aromatic rings. The maximum Gasteiger partial charge on any atom is 0.240 e. The van der Waals surface area contributed by atoms with Gasteiger partial charge in [-0.1, -0.05) is 0 Å². The fraction of sp³-hybridized carbons (Fsp3) is 0.133. The summed E-state index contributed by atoms with van der Waals surface area (Å²) in [6.07, 6.45) is 3.81. The van der Waals surface area contributed by atoms with Crippen molar-refractivity contribution < 1.29 is 9.90 Å². The van der Waals surface area contributed by atoms with Crippen molar-refractivity contribution in [1.82, 2.24) is 25.4 Å². The Bertz CT molecular complexity index is 963. The van der Waals surface area contributed by atoms with Crippen molar-refractivity contribution in [3.8, 4) is 5.75 Å². The van der Waals surface area contributed by atoms with Gasteiger partial charge in [0.2, 0.25) is 5.91 Å². The van der Waals surface area contributed by atoms with Crippen LogP contribution in [0.4, 0.5) is 11.5 Å². The van der Waals surface area contributed by atoms with Gasteiger partial charge in [0.15, 0.2) is 11.5 Å². The minimum atomic E-state index is -0.121. The highest BCUT2D eigenvalue weighted by atomic mass is 16.3. The number of hydrazone groups is 1. The molecule has 0 bridgehead atoms. The number of amides is 1. The summed E-state index contributed by atoms with van der Waals surface area (Å²) < 4.78 is 0. The SMILES string of the molecule is O=C1CCC(c2ccc(Nc3ncnc4nc[nH]c34)cc2O)=NN1. The van der Waals surface area contributed by atoms with E-state index in [1.54, 1.807) is 24.5 Å². The van der Waals surface area contributed by atoms with Crippen molar-refractivity contribution in [2.24, 2.45) is 5.10 Å². The monoisotopic (exact) mass is 323 g/mol. The number of hydrogen-bond acceptors (Lipinski definition) is 7. The molecule has 1 aliphatic rings. The fourth-order valence-electron chi connectivity index (χ4n) is 2.52. The molecule has 0 fully saturated rings. The molecule has 0 atom stereocenters. The molecule has 0 spiro atoms. The number of carbonyl (C=O) groups is 1. The number of phenols is 1. The molecule has 1 aliphatic heterocycles. The van der Waals surface area contributed by atoms with Crippen molar-refractivity contribution in [2.75, 3.05) is 5.32 Å². The third kappa shape index (κ3) is 2.51. The van der Waals surface area contributed by atoms with Crippen molar-refractivity contribution in [3.05, 3.63) is 36.4 Å². The van der Waals surface area contributed by atoms with Crippen LogP contribution < -0.4 is 10.7 Å². The first-order valence-corrected chi connectivity index (χ1v) is 7.30. The van der Waals surface area contributed by atoms with Crippen LogP contribution in [0.25, 0.3) is 11.2 Å². The van der Waals surface area contributed by atoms with Gasteiger partial charge < -0.3 is 15.4 Å². The molecule has 3 heterocycles. The topological polar surface area (TPSA) is 128 Å². The Balaban J connectivity index is 1.62. The first kappa shape index (κ1) is 14.1. The number of nitrogens with zero attached hydrogens (tertiary/aromatic N) is 4. The second-order valence-electron chi connectivity index (χ2n) is 5.27. The predicted octanol–water partition coefficient (Wildman–Crippen LogP) is 1.42. The molecule has 120 valence electrons. The van der Waals surface area contributed by atoms with E-state index in [0.29, 0.717) is 46.8 Å². The van der Waals surface area contributed by atoms with E-state index in [9.17, 15) is 9.90 Å². The van der Waals surface area contributed by atoms with E-state index in [2.05, 4.69) is 35.8 Å². The van der Waals surface area contributed by atoms with E-state index in [1.807, 2.05) is 0 Å². The summed E-state index contributed by atoms with van der Waals surface area (Å²) in [4.78, 5) is 26.4. The fourth-order valence-corrected chi connectivity index (χ4v) is 2.52. The molecule has 0 radical (unpaired) electrons. The molecule has 9 nitrogen and oxygen atoms in total. The maximum atomic E-state index is 11.2. The van der Waals surface area contributed by atoms with Gasteiger partial charge in [0, 0.05) is 30.2 Å². The van der Waals surface area contributed by atoms with Crippen LogP contribution in [0.2, 0.25) is 0 Å². The number of nitrogens with one attached hydrogen (secondary N) is 3. The summed E-state index contributed by atoms with van der Waals surface area (Å²) in [5.41, 5.74) is 5.56. The number of aromatic nitrogens is 4. The molecule has 0 unspecified atom stereocenters. The van der Waals surface area contributed by atoms with E-state index in [0.717, 1.165) is 0 Å². The average Bonchev–Trinajstić information content (AvgIpc) is 3.06. The van der Waals surface area contributed by atoms with E-state index < -0.39 is 0 Å². The van der Waals surface area contributed by atoms with Gasteiger partial charge in [-0.2, -0.15) is 5.10 Å². The zero-order valence-electron chi connectivity index (χ0n) is 12.4. The zero-order chi connectivity index (χ0) is 16.5. The van der Waals surface area contributed by atoms with E-state index in [-0.39, 0.29) is 11.7 Å². The summed E-state index contributed by atoms with van der Waals surface area (Å²) in [5, 5.41) is 17.4. The number of carbonyl (C=O) groups excluding carboxylic acids is 1. The van der Waals surface area contributed by atoms with Crippen LogP contribution in [0.1, 0.15) is 18.4 Å². The van der Waals surface area contributed by atoms with Gasteiger partial charge in [-0.05, 0) is 12.1 Å². The van der Waals surface area contributed by atoms with Gasteiger partial charge in [0.1, 0.15) is 17.6 Å². The summed E-state index contributed by atoms with van der Waals surface area (Å²) in [7, 11) is 0. The number of anilines is 2. The third-order valence-corrected chi connectivity index (χ3v) is 3.70. The minimum absolute atomic E-state index is 0.0739. The molecule has 0 saturated carbocycles. The number of imidazole rings is 1. The second-order valence-corrected chi connectivity index (χ2v) is 5.27. The number of phenolic OH excluding ortho intramolecular Hbond substituents is 1. The van der Waals surface area contributed by atoms with E-state index in [1.165, 1.54) is 6.33 Å². The Labute approximate surface area is 135 Å². The number of fused-ring (bicyclic) bond motifs is 1. The van der Waals surface area contributed by atoms with Crippen LogP contribution in [0.5, 0.6) is 5.75 Å². The van der Waals surface area contributed by atoms with Crippen molar-refractivity contribution in [1.29, 1.82) is 0 Å². The predicted molar refractivity (Wildman–Crippen MR) is 87.0 cm³/mol. The van der Waals surface area contributed by atoms with Crippen molar-refractivity contribution in [2.45, 2.75) is 12.8 Å². The molecule has 1 amide bonds. The Hall–Kier alpha value is -3.49. The Kier molecular flexibility index (Phi) is 3.30. The minimum Gasteiger partial charge on any atom is -0.507 e. The van der Waals surface area contributed by atoms with Crippen LogP contribution in [0, 0.1) is 0 Å². The number of H-pyrrole nitrogens is 1. The first-order valence-electron chi connectivity index (χ1n) is 7.30. The number of rotatable bonds is 3. The van der Waals surface area contributed by atoms with Gasteiger partial charge in [-0.15, -0.1) is 0 Å². The number of benzene rings is 1. The van der Waals surface area contributed by atoms with Crippen molar-refractivity contribution >= 4 is 34.3 Å². The maximum absolute atomic E-state index is 11.2. The summed E-state index contributed by atoms with van der Waals surface area (Å²) >= 11 is 0. The molecule has 4 N–H and O–H groups in total. The number of hydrogen-bond donors (Lipinski definition) is 4. The first-order chi connectivity index (χ1) is 11.7. The van der Waals surface area contributed by atoms with Crippen LogP contribution in [0.15, 0.2) is 36.0 Å². The standard InChI is InChI=1S/C15H13N7O2/c23-11-5-8(1-2-9(11)10-3-4-12(24)22-21-10)20-15-13-14(17-6-16-13)18-7-19-15/h1-2,5-7,23H,3-4H2,(H,22,24)(H2,16,17,18,19,20). The molecule has 24 heavy (non-hydrogen) atoms. The normalized spacial score (nSPS) is 14.3. The average molecular weight is 323 g/mol. The Morgan fingerprint density at radius 3 is 2.88 bits per heavy atom. The number of aromatic amines is 1. The molecule has 0 aliphatic carbocycles. The lowest BCUT2D eigenvalue weighted by Gasteiger charge is -2.14. The van der Waals surface area contributed by atoms with Crippen LogP contribution >= 0.6 is 0 Å². The van der Waals surface area contributed by atoms with Crippen LogP contribution in [-0.4, -0.2) is 36.7 Å². The second kappa shape index (κ2) is 5.61. The molecule has 2 aromatic heterocycles. The summed E-state index contributed by atoms with van der Waals surface area (Å²) in [6.45, 7) is 0. The van der Waals surface area contributed by atoms with Gasteiger partial charge in [-0.25, -0.2) is 20.4 Å². The van der Waals surface area contributed by atoms with E-state index in [4.69, 9.17) is 0 Å². The van der Waals surface area contributed by atoms with Gasteiger partial charge in [-0.3, -0.25) is 4.79 Å². The Morgan fingerprint density at radius 2 is 2.08 bits per heavy atom. The van der Waals surface area contributed by atoms with Crippen LogP contribution in [0.3, 0.4) is 0 Å². The summed E-state index contributed by atoms with van der Waals surface area (Å²) in [5.74, 6) is 0.514. The third-order valence-electron chi connectivity index (χ3n) is 3.70. The van der Waals surface area contributed by atoms with Crippen LogP contribution in [-0.2, 0) is 4.79 Å². The molecular weight excluding hydrogens is 310 g/mol. The summed E-state index contributed by atoms with van der Waals surface area (Å²) in [6, 6.07) is 5.14. The molecular formula is C15H13N7O2. The van der Waals surface area contributed by atoms with E-state index >= 15 is 0 Å². The van der Waals surface area contributed by atoms with Gasteiger partial charge >= 0.3 is 0 Å². The molecule has 4 rings (SSSR count). The lowest BCUT2D eigenvalue weighted by molar-refractivity contribution is -0.121. The smallest absolute Gasteiger partial charge is 0.240 e. The Morgan fingerprint density at radius 1 is 1.17 bits per heavy atom. The lowest BCUT2D eigenvalue weighted by atomic mass is 10.0. The van der Waals surface area contributed by atoms with Crippen molar-refractivity contribution in [3.63, 3.8) is 0 Å². The largest absolute Gasteiger partial charge is 0.507 e. The van der Waals surface area contributed by atoms with Gasteiger partial charge in [0.05, 0.1) is 12.0 Å². The lowest BCUT2D eigenvalue weighted by Crippen LogP contribution is -2.25. The molecule has 1 aromatic carbocycles. The highest BCUT2D eigenvalue weighted by Crippen LogP contribution is 2.27. The molecule has 0 saturated heterocycles.